The monoisotopic (exact) mass is 519 g/mol. The molecule has 1 aliphatic heterocycles. The van der Waals surface area contributed by atoms with E-state index in [-0.39, 0.29) is 11.0 Å². The van der Waals surface area contributed by atoms with E-state index >= 15 is 0 Å². The van der Waals surface area contributed by atoms with Gasteiger partial charge in [0.05, 0.1) is 5.69 Å². The van der Waals surface area contributed by atoms with Crippen molar-refractivity contribution in [3.05, 3.63) is 66.2 Å². The van der Waals surface area contributed by atoms with Crippen molar-refractivity contribution in [2.24, 2.45) is 5.92 Å². The molecule has 192 valence electrons. The second-order valence-electron chi connectivity index (χ2n) is 12.1. The minimum atomic E-state index is -1.89. The van der Waals surface area contributed by atoms with Crippen LogP contribution >= 0.6 is 0 Å². The Kier molecular flexibility index (Phi) is 8.39. The molecule has 0 aliphatic carbocycles. The van der Waals surface area contributed by atoms with Gasteiger partial charge in [-0.25, -0.2) is 4.79 Å². The zero-order valence-electron chi connectivity index (χ0n) is 23.3. The molecular weight excluding hydrogens is 479 g/mol. The maximum atomic E-state index is 13.5. The number of carbonyl (C=O) groups excluding carboxylic acids is 1. The van der Waals surface area contributed by atoms with Crippen molar-refractivity contribution in [2.75, 3.05) is 11.5 Å². The van der Waals surface area contributed by atoms with Crippen molar-refractivity contribution in [1.82, 2.24) is 0 Å². The zero-order valence-corrected chi connectivity index (χ0v) is 25.3. The molecule has 4 nitrogen and oxygen atoms in total. The van der Waals surface area contributed by atoms with Gasteiger partial charge in [0.1, 0.15) is 19.9 Å². The Morgan fingerprint density at radius 2 is 1.61 bits per heavy atom. The van der Waals surface area contributed by atoms with E-state index in [1.165, 1.54) is 5.57 Å². The van der Waals surface area contributed by atoms with Gasteiger partial charge in [0.2, 0.25) is 0 Å². The molecule has 0 N–H and O–H groups in total. The van der Waals surface area contributed by atoms with Gasteiger partial charge in [-0.15, -0.1) is 5.54 Å². The number of anilines is 1. The lowest BCUT2D eigenvalue weighted by Gasteiger charge is -2.38. The Morgan fingerprint density at radius 1 is 1.00 bits per heavy atom. The van der Waals surface area contributed by atoms with Crippen molar-refractivity contribution >= 4 is 33.7 Å². The molecule has 2 aromatic carbocycles. The standard InChI is InChI=1S/C30H41NO3Si2/c1-23(22-33-36(8,9)30(2,3)4)27-21-24(19-20-35(5,6)7)31(28-18-14-13-17-26(27)28)29(32)34-25-15-11-10-12-16-25/h10-18,21,23-24H,22H2,1-9H3/t23-,24-/m0/s1. The fourth-order valence-electron chi connectivity index (χ4n) is 3.73. The van der Waals surface area contributed by atoms with E-state index in [0.717, 1.165) is 11.3 Å². The van der Waals surface area contributed by atoms with Gasteiger partial charge in [0.15, 0.2) is 8.32 Å². The molecule has 0 spiro atoms. The van der Waals surface area contributed by atoms with Crippen LogP contribution in [0.25, 0.3) is 5.57 Å². The largest absolute Gasteiger partial charge is 0.421 e. The molecule has 2 aromatic rings. The third-order valence-electron chi connectivity index (χ3n) is 6.86. The van der Waals surface area contributed by atoms with Crippen LogP contribution in [-0.4, -0.2) is 35.1 Å². The summed E-state index contributed by atoms with van der Waals surface area (Å²) in [7, 11) is -3.56. The molecule has 36 heavy (non-hydrogen) atoms. The van der Waals surface area contributed by atoms with Gasteiger partial charge in [0, 0.05) is 18.1 Å². The summed E-state index contributed by atoms with van der Waals surface area (Å²) in [5.41, 5.74) is 6.50. The summed E-state index contributed by atoms with van der Waals surface area (Å²) in [6.07, 6.45) is 1.71. The fourth-order valence-corrected chi connectivity index (χ4v) is 5.41. The molecule has 1 heterocycles. The number of hydrogen-bond donors (Lipinski definition) is 0. The average Bonchev–Trinajstić information content (AvgIpc) is 2.79. The van der Waals surface area contributed by atoms with Gasteiger partial charge >= 0.3 is 6.09 Å². The quantitative estimate of drug-likeness (QED) is 0.297. The van der Waals surface area contributed by atoms with Gasteiger partial charge in [-0.3, -0.25) is 4.90 Å². The van der Waals surface area contributed by atoms with E-state index in [4.69, 9.17) is 9.16 Å². The molecule has 6 heteroatoms. The van der Waals surface area contributed by atoms with Crippen LogP contribution in [0.1, 0.15) is 33.3 Å². The molecule has 0 fully saturated rings. The highest BCUT2D eigenvalue weighted by Gasteiger charge is 2.38. The topological polar surface area (TPSA) is 38.8 Å². The van der Waals surface area contributed by atoms with Crippen LogP contribution in [0.15, 0.2) is 60.7 Å². The van der Waals surface area contributed by atoms with Crippen LogP contribution in [0.2, 0.25) is 37.8 Å². The first kappa shape index (κ1) is 28.0. The second-order valence-corrected chi connectivity index (χ2v) is 21.7. The summed E-state index contributed by atoms with van der Waals surface area (Å²) in [5, 5.41) is 0.148. The predicted octanol–water partition coefficient (Wildman–Crippen LogP) is 8.00. The van der Waals surface area contributed by atoms with E-state index in [0.29, 0.717) is 12.4 Å². The Morgan fingerprint density at radius 3 is 2.22 bits per heavy atom. The van der Waals surface area contributed by atoms with Crippen LogP contribution in [0.4, 0.5) is 10.5 Å². The maximum Gasteiger partial charge on any atom is 0.421 e. The third kappa shape index (κ3) is 6.79. The number of carbonyl (C=O) groups is 1. The first-order valence-corrected chi connectivity index (χ1v) is 19.1. The highest BCUT2D eigenvalue weighted by molar-refractivity contribution is 6.83. The van der Waals surface area contributed by atoms with E-state index in [2.05, 4.69) is 84.0 Å². The first-order chi connectivity index (χ1) is 16.7. The Labute approximate surface area is 219 Å². The van der Waals surface area contributed by atoms with E-state index in [1.807, 2.05) is 36.4 Å². The number of rotatable bonds is 5. The molecule has 1 amide bonds. The molecule has 0 bridgehead atoms. The van der Waals surface area contributed by atoms with Crippen molar-refractivity contribution in [2.45, 2.75) is 71.5 Å². The summed E-state index contributed by atoms with van der Waals surface area (Å²) in [6, 6.07) is 16.8. The number of nitrogens with zero attached hydrogens (tertiary/aromatic N) is 1. The van der Waals surface area contributed by atoms with Crippen LogP contribution < -0.4 is 9.64 Å². The van der Waals surface area contributed by atoms with Gasteiger partial charge in [0.25, 0.3) is 0 Å². The maximum absolute atomic E-state index is 13.5. The Bertz CT molecular complexity index is 1160. The minimum Gasteiger partial charge on any atom is -0.416 e. The normalized spacial score (nSPS) is 16.9. The summed E-state index contributed by atoms with van der Waals surface area (Å²) >= 11 is 0. The minimum absolute atomic E-state index is 0.148. The smallest absolute Gasteiger partial charge is 0.416 e. The zero-order chi connectivity index (χ0) is 26.7. The van der Waals surface area contributed by atoms with Crippen LogP contribution in [-0.2, 0) is 4.43 Å². The number of benzene rings is 2. The SMILES string of the molecule is C[C@@H](CO[Si](C)(C)C(C)(C)C)C1=C[C@H](C#C[Si](C)(C)C)N(C(=O)Oc2ccccc2)c2ccccc21. The second kappa shape index (κ2) is 10.8. The number of para-hydroxylation sites is 2. The molecule has 1 aliphatic rings. The lowest BCUT2D eigenvalue weighted by molar-refractivity contribution is 0.207. The Hall–Kier alpha value is -2.60. The highest BCUT2D eigenvalue weighted by Crippen LogP contribution is 2.41. The van der Waals surface area contributed by atoms with Crippen molar-refractivity contribution in [3.63, 3.8) is 0 Å². The molecule has 0 saturated heterocycles. The average molecular weight is 520 g/mol. The number of amides is 1. The summed E-state index contributed by atoms with van der Waals surface area (Å²) in [5.74, 6) is 4.10. The van der Waals surface area contributed by atoms with Crippen LogP contribution in [0.3, 0.4) is 0 Å². The van der Waals surface area contributed by atoms with E-state index in [1.54, 1.807) is 17.0 Å². The van der Waals surface area contributed by atoms with Gasteiger partial charge in [-0.1, -0.05) is 89.7 Å². The van der Waals surface area contributed by atoms with E-state index < -0.39 is 28.5 Å². The lowest BCUT2D eigenvalue weighted by atomic mass is 9.88. The summed E-state index contributed by atoms with van der Waals surface area (Å²) < 4.78 is 12.4. The lowest BCUT2D eigenvalue weighted by Crippen LogP contribution is -2.44. The van der Waals surface area contributed by atoms with E-state index in [9.17, 15) is 4.79 Å². The number of ether oxygens (including phenoxy) is 1. The molecule has 0 saturated carbocycles. The molecule has 3 rings (SSSR count). The Balaban J connectivity index is 2.01. The molecule has 2 atom stereocenters. The number of hydrogen-bond acceptors (Lipinski definition) is 3. The summed E-state index contributed by atoms with van der Waals surface area (Å²) in [4.78, 5) is 15.2. The highest BCUT2D eigenvalue weighted by atomic mass is 28.4. The first-order valence-electron chi connectivity index (χ1n) is 12.7. The van der Waals surface area contributed by atoms with Crippen molar-refractivity contribution in [1.29, 1.82) is 0 Å². The predicted molar refractivity (Wildman–Crippen MR) is 157 cm³/mol. The van der Waals surface area contributed by atoms with Gasteiger partial charge < -0.3 is 9.16 Å². The summed E-state index contributed by atoms with van der Waals surface area (Å²) in [6.45, 7) is 20.8. The van der Waals surface area contributed by atoms with Crippen LogP contribution in [0.5, 0.6) is 5.75 Å². The van der Waals surface area contributed by atoms with Crippen LogP contribution in [0, 0.1) is 17.4 Å². The van der Waals surface area contributed by atoms with Crippen molar-refractivity contribution < 1.29 is 14.0 Å². The molecular formula is C30H41NO3Si2. The molecule has 0 radical (unpaired) electrons. The molecule has 0 unspecified atom stereocenters. The number of fused-ring (bicyclic) bond motifs is 1. The van der Waals surface area contributed by atoms with Crippen molar-refractivity contribution in [3.8, 4) is 17.2 Å². The fraction of sp³-hybridized carbons (Fsp3) is 0.433. The van der Waals surface area contributed by atoms with Gasteiger partial charge in [-0.2, -0.15) is 0 Å². The van der Waals surface area contributed by atoms with Gasteiger partial charge in [-0.05, 0) is 48.0 Å². The third-order valence-corrected chi connectivity index (χ3v) is 12.3. The molecule has 0 aromatic heterocycles.